The first-order valence-electron chi connectivity index (χ1n) is 4.37. The van der Waals surface area contributed by atoms with Gasteiger partial charge in [-0.3, -0.25) is 0 Å². The topological polar surface area (TPSA) is 12.0 Å². The van der Waals surface area contributed by atoms with E-state index in [9.17, 15) is 0 Å². The highest BCUT2D eigenvalue weighted by Crippen LogP contribution is 2.22. The average molecular weight is 295 g/mol. The summed E-state index contributed by atoms with van der Waals surface area (Å²) < 4.78 is 0.961. The summed E-state index contributed by atoms with van der Waals surface area (Å²) >= 11 is 11.1. The number of thioether (sulfide) groups is 1. The van der Waals surface area contributed by atoms with E-state index in [1.807, 2.05) is 23.9 Å². The Balaban J connectivity index is 2.39. The summed E-state index contributed by atoms with van der Waals surface area (Å²) in [5, 5.41) is 4.13. The molecule has 0 atom stereocenters. The lowest BCUT2D eigenvalue weighted by atomic mass is 10.2. The second-order valence-corrected chi connectivity index (χ2v) is 5.17. The molecule has 1 nitrogen and oxygen atoms in total. The van der Waals surface area contributed by atoms with Crippen molar-refractivity contribution in [2.45, 2.75) is 6.54 Å². The van der Waals surface area contributed by atoms with Gasteiger partial charge in [-0.1, -0.05) is 17.7 Å². The van der Waals surface area contributed by atoms with Crippen LogP contribution >= 0.6 is 39.3 Å². The van der Waals surface area contributed by atoms with E-state index in [0.29, 0.717) is 0 Å². The van der Waals surface area contributed by atoms with Crippen LogP contribution in [0.2, 0.25) is 5.02 Å². The maximum Gasteiger partial charge on any atom is 0.0548 e. The zero-order chi connectivity index (χ0) is 10.4. The van der Waals surface area contributed by atoms with Crippen molar-refractivity contribution >= 4 is 39.3 Å². The van der Waals surface area contributed by atoms with Gasteiger partial charge < -0.3 is 5.32 Å². The number of halogens is 2. The Kier molecular flexibility index (Phi) is 5.94. The molecule has 0 spiro atoms. The Morgan fingerprint density at radius 3 is 2.93 bits per heavy atom. The van der Waals surface area contributed by atoms with Crippen molar-refractivity contribution in [1.29, 1.82) is 0 Å². The van der Waals surface area contributed by atoms with Crippen LogP contribution < -0.4 is 5.32 Å². The molecule has 0 saturated carbocycles. The predicted octanol–water partition coefficient (Wildman–Crippen LogP) is 3.56. The predicted molar refractivity (Wildman–Crippen MR) is 69.2 cm³/mol. The molecular weight excluding hydrogens is 282 g/mol. The van der Waals surface area contributed by atoms with E-state index >= 15 is 0 Å². The van der Waals surface area contributed by atoms with Crippen LogP contribution in [0.3, 0.4) is 0 Å². The summed E-state index contributed by atoms with van der Waals surface area (Å²) in [6, 6.07) is 6.00. The lowest BCUT2D eigenvalue weighted by Gasteiger charge is -2.05. The number of benzene rings is 1. The summed E-state index contributed by atoms with van der Waals surface area (Å²) in [7, 11) is 0. The number of hydrogen-bond donors (Lipinski definition) is 1. The third-order valence-corrected chi connectivity index (χ3v) is 3.62. The summed E-state index contributed by atoms with van der Waals surface area (Å²) in [6.07, 6.45) is 2.11. The molecule has 1 aromatic rings. The van der Waals surface area contributed by atoms with Crippen LogP contribution in [-0.2, 0) is 6.54 Å². The highest BCUT2D eigenvalue weighted by Gasteiger charge is 1.98. The fourth-order valence-corrected chi connectivity index (χ4v) is 1.95. The molecule has 0 bridgehead atoms. The molecule has 0 aliphatic rings. The Hall–Kier alpha value is 0.300. The molecular formula is C10H13BrClNS. The Morgan fingerprint density at radius 2 is 2.29 bits per heavy atom. The van der Waals surface area contributed by atoms with Gasteiger partial charge in [0, 0.05) is 23.3 Å². The molecule has 0 amide bonds. The van der Waals surface area contributed by atoms with Gasteiger partial charge in [-0.2, -0.15) is 11.8 Å². The molecule has 0 radical (unpaired) electrons. The summed E-state index contributed by atoms with van der Waals surface area (Å²) in [5.41, 5.74) is 1.25. The fraction of sp³-hybridized carbons (Fsp3) is 0.400. The standard InChI is InChI=1S/C10H13BrClNS/c1-14-5-4-13-7-8-2-3-10(12)9(11)6-8/h2-3,6,13H,4-5,7H2,1H3. The van der Waals surface area contributed by atoms with Crippen molar-refractivity contribution in [3.8, 4) is 0 Å². The van der Waals surface area contributed by atoms with E-state index in [4.69, 9.17) is 11.6 Å². The van der Waals surface area contributed by atoms with Gasteiger partial charge in [0.1, 0.15) is 0 Å². The van der Waals surface area contributed by atoms with E-state index in [-0.39, 0.29) is 0 Å². The van der Waals surface area contributed by atoms with E-state index in [0.717, 1.165) is 28.3 Å². The first kappa shape index (κ1) is 12.4. The van der Waals surface area contributed by atoms with Crippen molar-refractivity contribution in [2.75, 3.05) is 18.6 Å². The van der Waals surface area contributed by atoms with Crippen LogP contribution in [-0.4, -0.2) is 18.6 Å². The minimum Gasteiger partial charge on any atom is -0.312 e. The van der Waals surface area contributed by atoms with Crippen LogP contribution in [0.25, 0.3) is 0 Å². The number of rotatable bonds is 5. The van der Waals surface area contributed by atoms with Crippen molar-refractivity contribution in [2.24, 2.45) is 0 Å². The summed E-state index contributed by atoms with van der Waals surface area (Å²) in [6.45, 7) is 1.94. The number of nitrogens with one attached hydrogen (secondary N) is 1. The zero-order valence-electron chi connectivity index (χ0n) is 8.02. The molecule has 0 fully saturated rings. The van der Waals surface area contributed by atoms with Gasteiger partial charge in [-0.05, 0) is 39.9 Å². The van der Waals surface area contributed by atoms with Gasteiger partial charge in [-0.15, -0.1) is 0 Å². The Morgan fingerprint density at radius 1 is 1.50 bits per heavy atom. The quantitative estimate of drug-likeness (QED) is 0.834. The third-order valence-electron chi connectivity index (χ3n) is 1.80. The van der Waals surface area contributed by atoms with Gasteiger partial charge in [0.15, 0.2) is 0 Å². The molecule has 4 heteroatoms. The van der Waals surface area contributed by atoms with E-state index < -0.39 is 0 Å². The van der Waals surface area contributed by atoms with Crippen molar-refractivity contribution in [3.05, 3.63) is 33.3 Å². The average Bonchev–Trinajstić information content (AvgIpc) is 2.18. The largest absolute Gasteiger partial charge is 0.312 e. The van der Waals surface area contributed by atoms with Crippen LogP contribution in [0.4, 0.5) is 0 Å². The Labute approximate surface area is 103 Å². The minimum absolute atomic E-state index is 0.762. The van der Waals surface area contributed by atoms with Crippen molar-refractivity contribution in [3.63, 3.8) is 0 Å². The highest BCUT2D eigenvalue weighted by atomic mass is 79.9. The normalized spacial score (nSPS) is 10.5. The molecule has 0 heterocycles. The SMILES string of the molecule is CSCCNCc1ccc(Cl)c(Br)c1. The maximum absolute atomic E-state index is 5.89. The molecule has 1 N–H and O–H groups in total. The van der Waals surface area contributed by atoms with E-state index in [1.54, 1.807) is 0 Å². The molecule has 1 aromatic carbocycles. The molecule has 0 aliphatic carbocycles. The monoisotopic (exact) mass is 293 g/mol. The third kappa shape index (κ3) is 4.22. The lowest BCUT2D eigenvalue weighted by Crippen LogP contribution is -2.16. The highest BCUT2D eigenvalue weighted by molar-refractivity contribution is 9.10. The van der Waals surface area contributed by atoms with Crippen LogP contribution in [0.15, 0.2) is 22.7 Å². The van der Waals surface area contributed by atoms with Crippen LogP contribution in [0.5, 0.6) is 0 Å². The smallest absolute Gasteiger partial charge is 0.0548 e. The molecule has 1 rings (SSSR count). The van der Waals surface area contributed by atoms with Gasteiger partial charge in [0.25, 0.3) is 0 Å². The second-order valence-electron chi connectivity index (χ2n) is 2.92. The van der Waals surface area contributed by atoms with Gasteiger partial charge in [-0.25, -0.2) is 0 Å². The van der Waals surface area contributed by atoms with Crippen molar-refractivity contribution in [1.82, 2.24) is 5.32 Å². The van der Waals surface area contributed by atoms with Crippen LogP contribution in [0, 0.1) is 0 Å². The molecule has 0 aromatic heterocycles. The van der Waals surface area contributed by atoms with Crippen molar-refractivity contribution < 1.29 is 0 Å². The molecule has 78 valence electrons. The lowest BCUT2D eigenvalue weighted by molar-refractivity contribution is 0.732. The first-order chi connectivity index (χ1) is 6.74. The zero-order valence-corrected chi connectivity index (χ0v) is 11.2. The minimum atomic E-state index is 0.762. The second kappa shape index (κ2) is 6.72. The summed E-state index contributed by atoms with van der Waals surface area (Å²) in [5.74, 6) is 1.15. The maximum atomic E-state index is 5.89. The van der Waals surface area contributed by atoms with E-state index in [1.165, 1.54) is 5.56 Å². The molecule has 0 aliphatic heterocycles. The summed E-state index contributed by atoms with van der Waals surface area (Å²) in [4.78, 5) is 0. The van der Waals surface area contributed by atoms with Gasteiger partial charge in [0.05, 0.1) is 5.02 Å². The van der Waals surface area contributed by atoms with Crippen LogP contribution in [0.1, 0.15) is 5.56 Å². The van der Waals surface area contributed by atoms with Gasteiger partial charge >= 0.3 is 0 Å². The fourth-order valence-electron chi connectivity index (χ4n) is 1.06. The van der Waals surface area contributed by atoms with Gasteiger partial charge in [0.2, 0.25) is 0 Å². The first-order valence-corrected chi connectivity index (χ1v) is 6.94. The van der Waals surface area contributed by atoms with E-state index in [2.05, 4.69) is 33.6 Å². The molecule has 0 saturated heterocycles. The Bertz CT molecular complexity index is 293. The molecule has 0 unspecified atom stereocenters. The molecule has 14 heavy (non-hydrogen) atoms. The number of hydrogen-bond acceptors (Lipinski definition) is 2.